The molecule has 0 bridgehead atoms. The topological polar surface area (TPSA) is 65.9 Å². The quantitative estimate of drug-likeness (QED) is 0.280. The summed E-state index contributed by atoms with van der Waals surface area (Å²) in [5, 5.41) is 16.9. The molecule has 2 unspecified atom stereocenters. The minimum absolute atomic E-state index is 0. The molecule has 0 aliphatic carbocycles. The summed E-state index contributed by atoms with van der Waals surface area (Å²) in [7, 11) is 1.67. The molecule has 2 rings (SSSR count). The highest BCUT2D eigenvalue weighted by molar-refractivity contribution is 14.0. The lowest BCUT2D eigenvalue weighted by Crippen LogP contribution is -2.39. The van der Waals surface area contributed by atoms with Crippen molar-refractivity contribution in [3.63, 3.8) is 0 Å². The van der Waals surface area contributed by atoms with Crippen molar-refractivity contribution in [2.45, 2.75) is 32.9 Å². The molecule has 0 aliphatic rings. The van der Waals surface area contributed by atoms with E-state index in [1.807, 2.05) is 25.1 Å². The fourth-order valence-electron chi connectivity index (χ4n) is 2.57. The smallest absolute Gasteiger partial charge is 0.191 e. The van der Waals surface area contributed by atoms with E-state index in [4.69, 9.17) is 16.3 Å². The maximum absolute atomic E-state index is 10.3. The van der Waals surface area contributed by atoms with Gasteiger partial charge in [-0.25, -0.2) is 0 Å². The van der Waals surface area contributed by atoms with E-state index in [0.717, 1.165) is 22.7 Å². The molecule has 1 aromatic carbocycles. The first kappa shape index (κ1) is 24.0. The summed E-state index contributed by atoms with van der Waals surface area (Å²) in [5.74, 6) is 1.48. The minimum Gasteiger partial charge on any atom is -0.496 e. The van der Waals surface area contributed by atoms with Gasteiger partial charge in [-0.3, -0.25) is 4.99 Å². The maximum atomic E-state index is 10.3. The van der Waals surface area contributed by atoms with Gasteiger partial charge in [0.15, 0.2) is 5.96 Å². The minimum atomic E-state index is -0.674. The summed E-state index contributed by atoms with van der Waals surface area (Å²) in [5.41, 5.74) is 2.23. The van der Waals surface area contributed by atoms with Crippen LogP contribution < -0.4 is 15.4 Å². The highest BCUT2D eigenvalue weighted by Crippen LogP contribution is 2.27. The Hall–Kier alpha value is -1.03. The van der Waals surface area contributed by atoms with Crippen molar-refractivity contribution in [2.75, 3.05) is 20.2 Å². The number of rotatable bonds is 7. The molecule has 0 saturated carbocycles. The average molecular weight is 524 g/mol. The predicted octanol–water partition coefficient (Wildman–Crippen LogP) is 4.69. The van der Waals surface area contributed by atoms with Crippen LogP contribution in [0.15, 0.2) is 35.3 Å². The fraction of sp³-hybridized carbons (Fsp3) is 0.421. The second kappa shape index (κ2) is 11.7. The van der Waals surface area contributed by atoms with Crippen molar-refractivity contribution in [1.29, 1.82) is 0 Å². The summed E-state index contributed by atoms with van der Waals surface area (Å²) in [6.45, 7) is 7.09. The van der Waals surface area contributed by atoms with Gasteiger partial charge in [-0.15, -0.1) is 35.3 Å². The number of aryl methyl sites for hydroxylation is 1. The van der Waals surface area contributed by atoms with Crippen LogP contribution in [-0.2, 0) is 0 Å². The van der Waals surface area contributed by atoms with Crippen molar-refractivity contribution in [2.24, 2.45) is 4.99 Å². The van der Waals surface area contributed by atoms with Crippen molar-refractivity contribution in [3.05, 3.63) is 50.7 Å². The van der Waals surface area contributed by atoms with Gasteiger partial charge in [-0.1, -0.05) is 29.3 Å². The normalized spacial score (nSPS) is 13.5. The molecule has 5 nitrogen and oxygen atoms in total. The van der Waals surface area contributed by atoms with Crippen LogP contribution in [-0.4, -0.2) is 31.3 Å². The molecule has 0 radical (unpaired) electrons. The number of aliphatic hydroxyl groups excluding tert-OH is 1. The summed E-state index contributed by atoms with van der Waals surface area (Å²) in [6, 6.07) is 9.70. The van der Waals surface area contributed by atoms with Gasteiger partial charge in [0.1, 0.15) is 11.9 Å². The number of ether oxygens (including phenoxy) is 1. The van der Waals surface area contributed by atoms with Gasteiger partial charge in [0, 0.05) is 17.0 Å². The molecule has 3 N–H and O–H groups in total. The van der Waals surface area contributed by atoms with E-state index < -0.39 is 6.10 Å². The first-order valence-corrected chi connectivity index (χ1v) is 9.76. The number of nitrogens with zero attached hydrogens (tertiary/aromatic N) is 1. The lowest BCUT2D eigenvalue weighted by atomic mass is 10.0. The van der Waals surface area contributed by atoms with Crippen LogP contribution in [0.5, 0.6) is 5.75 Å². The van der Waals surface area contributed by atoms with Crippen molar-refractivity contribution in [1.82, 2.24) is 10.6 Å². The molecule has 0 fully saturated rings. The van der Waals surface area contributed by atoms with Crippen molar-refractivity contribution >= 4 is 52.9 Å². The molecule has 1 heterocycles. The summed E-state index contributed by atoms with van der Waals surface area (Å²) >= 11 is 7.30. The molecule has 8 heteroatoms. The third-order valence-electron chi connectivity index (χ3n) is 3.89. The van der Waals surface area contributed by atoms with Crippen LogP contribution in [0.2, 0.25) is 4.34 Å². The molecule has 0 saturated heterocycles. The van der Waals surface area contributed by atoms with Gasteiger partial charge in [0.25, 0.3) is 0 Å². The average Bonchev–Trinajstić information content (AvgIpc) is 3.06. The van der Waals surface area contributed by atoms with Crippen LogP contribution in [0.1, 0.15) is 42.0 Å². The zero-order chi connectivity index (χ0) is 19.1. The van der Waals surface area contributed by atoms with Gasteiger partial charge in [0.2, 0.25) is 0 Å². The van der Waals surface area contributed by atoms with E-state index in [-0.39, 0.29) is 36.6 Å². The monoisotopic (exact) mass is 523 g/mol. The molecular weight excluding hydrogens is 497 g/mol. The standard InChI is InChI=1S/C19H26ClN3O2S.HI/c1-5-21-19(22-11-15(24)17-8-9-18(20)26-17)23-13(3)14-10-12(2)6-7-16(14)25-4;/h6-10,13,15,24H,5,11H2,1-4H3,(H2,21,22,23);1H. The summed E-state index contributed by atoms with van der Waals surface area (Å²) < 4.78 is 6.13. The van der Waals surface area contributed by atoms with E-state index in [2.05, 4.69) is 35.5 Å². The molecule has 2 aromatic rings. The molecule has 27 heavy (non-hydrogen) atoms. The molecular formula is C19H27ClIN3O2S. The van der Waals surface area contributed by atoms with E-state index in [0.29, 0.717) is 10.3 Å². The number of nitrogens with one attached hydrogen (secondary N) is 2. The number of guanidine groups is 1. The van der Waals surface area contributed by atoms with E-state index in [1.165, 1.54) is 16.9 Å². The lowest BCUT2D eigenvalue weighted by Gasteiger charge is -2.21. The molecule has 0 aliphatic heterocycles. The number of aliphatic imine (C=N–C) groups is 1. The molecule has 2 atom stereocenters. The Bertz CT molecular complexity index is 754. The first-order valence-electron chi connectivity index (χ1n) is 8.57. The van der Waals surface area contributed by atoms with Gasteiger partial charge in [-0.2, -0.15) is 0 Å². The predicted molar refractivity (Wildman–Crippen MR) is 125 cm³/mol. The highest BCUT2D eigenvalue weighted by atomic mass is 127. The van der Waals surface area contributed by atoms with E-state index in [9.17, 15) is 5.11 Å². The van der Waals surface area contributed by atoms with Crippen molar-refractivity contribution < 1.29 is 9.84 Å². The fourth-order valence-corrected chi connectivity index (χ4v) is 3.61. The largest absolute Gasteiger partial charge is 0.496 e. The van der Waals surface area contributed by atoms with Crippen molar-refractivity contribution in [3.8, 4) is 5.75 Å². The van der Waals surface area contributed by atoms with E-state index in [1.54, 1.807) is 13.2 Å². The molecule has 0 amide bonds. The number of hydrogen-bond acceptors (Lipinski definition) is 4. The van der Waals surface area contributed by atoms with Gasteiger partial charge in [0.05, 0.1) is 24.0 Å². The third kappa shape index (κ3) is 7.14. The molecule has 0 spiro atoms. The van der Waals surface area contributed by atoms with Crippen LogP contribution in [0.3, 0.4) is 0 Å². The Kier molecular flexibility index (Phi) is 10.4. The van der Waals surface area contributed by atoms with Crippen LogP contribution in [0.4, 0.5) is 0 Å². The van der Waals surface area contributed by atoms with Gasteiger partial charge >= 0.3 is 0 Å². The van der Waals surface area contributed by atoms with Gasteiger partial charge < -0.3 is 20.5 Å². The second-order valence-corrected chi connectivity index (χ2v) is 7.74. The van der Waals surface area contributed by atoms with Gasteiger partial charge in [-0.05, 0) is 39.0 Å². The SMILES string of the molecule is CCNC(=NCC(O)c1ccc(Cl)s1)NC(C)c1cc(C)ccc1OC.I. The Morgan fingerprint density at radius 3 is 2.67 bits per heavy atom. The number of methoxy groups -OCH3 is 1. The lowest BCUT2D eigenvalue weighted by molar-refractivity contribution is 0.191. The first-order chi connectivity index (χ1) is 12.4. The number of halogens is 2. The number of aliphatic hydroxyl groups is 1. The summed E-state index contributed by atoms with van der Waals surface area (Å²) in [4.78, 5) is 5.32. The Balaban J connectivity index is 0.00000364. The Morgan fingerprint density at radius 2 is 2.07 bits per heavy atom. The zero-order valence-electron chi connectivity index (χ0n) is 16.0. The van der Waals surface area contributed by atoms with E-state index >= 15 is 0 Å². The molecule has 150 valence electrons. The zero-order valence-corrected chi connectivity index (χ0v) is 19.9. The second-order valence-electron chi connectivity index (χ2n) is 5.99. The molecule has 1 aromatic heterocycles. The summed E-state index contributed by atoms with van der Waals surface area (Å²) in [6.07, 6.45) is -0.674. The van der Waals surface area contributed by atoms with Crippen LogP contribution in [0, 0.1) is 6.92 Å². The number of thiophene rings is 1. The highest BCUT2D eigenvalue weighted by Gasteiger charge is 2.14. The Morgan fingerprint density at radius 1 is 1.33 bits per heavy atom. The number of hydrogen-bond donors (Lipinski definition) is 3. The van der Waals surface area contributed by atoms with Crippen LogP contribution >= 0.6 is 46.9 Å². The van der Waals surface area contributed by atoms with Crippen LogP contribution in [0.25, 0.3) is 0 Å². The third-order valence-corrected chi connectivity index (χ3v) is 5.23. The maximum Gasteiger partial charge on any atom is 0.191 e. The number of benzene rings is 1. The Labute approximate surface area is 187 Å².